The van der Waals surface area contributed by atoms with Crippen molar-refractivity contribution in [3.8, 4) is 45.0 Å². The quantitative estimate of drug-likeness (QED) is 0.179. The van der Waals surface area contributed by atoms with E-state index in [4.69, 9.17) is 19.9 Å². The summed E-state index contributed by atoms with van der Waals surface area (Å²) in [6.45, 7) is 8.67. The first-order valence-corrected chi connectivity index (χ1v) is 17.1. The Hall–Kier alpha value is -6.26. The van der Waals surface area contributed by atoms with Gasteiger partial charge in [-0.25, -0.2) is 15.0 Å². The molecule has 9 rings (SSSR count). The molecule has 3 aromatic heterocycles. The van der Waals surface area contributed by atoms with Gasteiger partial charge < -0.3 is 0 Å². The predicted octanol–water partition coefficient (Wildman–Crippen LogP) is 11.8. The number of fused-ring (bicyclic) bond motifs is 5. The van der Waals surface area contributed by atoms with E-state index in [1.54, 1.807) is 0 Å². The molecular formula is C46H34N4. The summed E-state index contributed by atoms with van der Waals surface area (Å²) < 4.78 is 0. The summed E-state index contributed by atoms with van der Waals surface area (Å²) in [4.78, 5) is 20.4. The fourth-order valence-electron chi connectivity index (χ4n) is 7.35. The molecular weight excluding hydrogens is 609 g/mol. The van der Waals surface area contributed by atoms with Crippen LogP contribution in [0.4, 0.5) is 0 Å². The van der Waals surface area contributed by atoms with Gasteiger partial charge in [-0.3, -0.25) is 4.98 Å². The normalized spacial score (nSPS) is 11.6. The molecule has 0 N–H and O–H groups in total. The summed E-state index contributed by atoms with van der Waals surface area (Å²) in [7, 11) is 0. The van der Waals surface area contributed by atoms with Crippen molar-refractivity contribution in [1.29, 1.82) is 0 Å². The average Bonchev–Trinajstić information content (AvgIpc) is 3.17. The Labute approximate surface area is 291 Å². The number of benzene rings is 6. The van der Waals surface area contributed by atoms with Gasteiger partial charge in [0.1, 0.15) is 0 Å². The van der Waals surface area contributed by atoms with E-state index in [1.807, 2.05) is 30.5 Å². The van der Waals surface area contributed by atoms with Crippen LogP contribution in [0.5, 0.6) is 0 Å². The summed E-state index contributed by atoms with van der Waals surface area (Å²) in [5.41, 5.74) is 15.1. The third-order valence-corrected chi connectivity index (χ3v) is 10.3. The van der Waals surface area contributed by atoms with Gasteiger partial charge in [0, 0.05) is 39.0 Å². The van der Waals surface area contributed by atoms with Crippen LogP contribution in [0.1, 0.15) is 22.3 Å². The minimum absolute atomic E-state index is 0.724. The van der Waals surface area contributed by atoms with Crippen molar-refractivity contribution >= 4 is 43.5 Å². The van der Waals surface area contributed by atoms with Crippen molar-refractivity contribution in [1.82, 2.24) is 19.9 Å². The zero-order valence-electron chi connectivity index (χ0n) is 28.5. The number of pyridine rings is 2. The molecule has 0 aliphatic rings. The summed E-state index contributed by atoms with van der Waals surface area (Å²) in [5.74, 6) is 0.724. The van der Waals surface area contributed by atoms with Crippen molar-refractivity contribution in [3.05, 3.63) is 156 Å². The molecule has 0 saturated heterocycles. The fourth-order valence-corrected chi connectivity index (χ4v) is 7.35. The molecule has 238 valence electrons. The van der Waals surface area contributed by atoms with E-state index >= 15 is 0 Å². The van der Waals surface area contributed by atoms with Gasteiger partial charge in [-0.15, -0.1) is 0 Å². The van der Waals surface area contributed by atoms with E-state index in [-0.39, 0.29) is 0 Å². The lowest BCUT2D eigenvalue weighted by Crippen LogP contribution is -1.98. The van der Waals surface area contributed by atoms with Crippen LogP contribution in [-0.2, 0) is 0 Å². The molecule has 9 aromatic rings. The number of rotatable bonds is 4. The predicted molar refractivity (Wildman–Crippen MR) is 208 cm³/mol. The Morgan fingerprint density at radius 3 is 1.84 bits per heavy atom. The van der Waals surface area contributed by atoms with E-state index in [2.05, 4.69) is 131 Å². The van der Waals surface area contributed by atoms with Gasteiger partial charge >= 0.3 is 0 Å². The van der Waals surface area contributed by atoms with E-state index in [9.17, 15) is 0 Å². The van der Waals surface area contributed by atoms with Crippen LogP contribution in [0.15, 0.2) is 134 Å². The van der Waals surface area contributed by atoms with Crippen molar-refractivity contribution in [2.24, 2.45) is 0 Å². The van der Waals surface area contributed by atoms with Crippen molar-refractivity contribution in [3.63, 3.8) is 0 Å². The smallest absolute Gasteiger partial charge is 0.160 e. The lowest BCUT2D eigenvalue weighted by atomic mass is 9.91. The van der Waals surface area contributed by atoms with Crippen LogP contribution >= 0.6 is 0 Å². The number of aryl methyl sites for hydroxylation is 3. The second kappa shape index (κ2) is 11.7. The lowest BCUT2D eigenvalue weighted by Gasteiger charge is -2.16. The van der Waals surface area contributed by atoms with Crippen LogP contribution in [0, 0.1) is 27.7 Å². The third kappa shape index (κ3) is 4.75. The summed E-state index contributed by atoms with van der Waals surface area (Å²) >= 11 is 0. The Kier molecular flexibility index (Phi) is 6.99. The average molecular weight is 643 g/mol. The van der Waals surface area contributed by atoms with Crippen LogP contribution in [0.2, 0.25) is 0 Å². The Morgan fingerprint density at radius 2 is 1.04 bits per heavy atom. The monoisotopic (exact) mass is 642 g/mol. The van der Waals surface area contributed by atoms with E-state index in [0.717, 1.165) is 77.6 Å². The highest BCUT2D eigenvalue weighted by Gasteiger charge is 2.18. The van der Waals surface area contributed by atoms with Crippen LogP contribution < -0.4 is 0 Å². The van der Waals surface area contributed by atoms with Crippen LogP contribution in [0.3, 0.4) is 0 Å². The molecule has 0 amide bonds. The fraction of sp³-hybridized carbons (Fsp3) is 0.0870. The minimum Gasteiger partial charge on any atom is -0.254 e. The van der Waals surface area contributed by atoms with Gasteiger partial charge in [-0.05, 0) is 84.0 Å². The van der Waals surface area contributed by atoms with Crippen LogP contribution in [-0.4, -0.2) is 19.9 Å². The molecule has 0 saturated carbocycles. The maximum atomic E-state index is 5.34. The van der Waals surface area contributed by atoms with Gasteiger partial charge in [-0.2, -0.15) is 0 Å². The van der Waals surface area contributed by atoms with E-state index in [0.29, 0.717) is 0 Å². The molecule has 0 aliphatic carbocycles. The van der Waals surface area contributed by atoms with E-state index in [1.165, 1.54) is 33.2 Å². The van der Waals surface area contributed by atoms with Gasteiger partial charge in [0.25, 0.3) is 0 Å². The highest BCUT2D eigenvalue weighted by Crippen LogP contribution is 2.40. The second-order valence-corrected chi connectivity index (χ2v) is 13.2. The van der Waals surface area contributed by atoms with Crippen molar-refractivity contribution < 1.29 is 0 Å². The number of aromatic nitrogens is 4. The molecule has 0 radical (unpaired) electrons. The molecule has 6 aromatic carbocycles. The lowest BCUT2D eigenvalue weighted by molar-refractivity contribution is 1.23. The molecule has 0 bridgehead atoms. The second-order valence-electron chi connectivity index (χ2n) is 13.2. The number of para-hydroxylation sites is 1. The Balaban J connectivity index is 1.22. The SMILES string of the molecule is Cc1cnc2c(ccc3c(C)c(C)c(-c4cccc(-c5ccc(-c6nc(-c7ccccc7)nc7ccccc67)c6ccccc56)c4)nc32)c1C. The van der Waals surface area contributed by atoms with Gasteiger partial charge in [-0.1, -0.05) is 115 Å². The molecule has 0 atom stereocenters. The molecule has 0 fully saturated rings. The molecule has 3 heterocycles. The van der Waals surface area contributed by atoms with Crippen LogP contribution in [0.25, 0.3) is 88.5 Å². The zero-order chi connectivity index (χ0) is 33.9. The molecule has 0 aliphatic heterocycles. The van der Waals surface area contributed by atoms with E-state index < -0.39 is 0 Å². The first-order valence-electron chi connectivity index (χ1n) is 17.1. The summed E-state index contributed by atoms with van der Waals surface area (Å²) in [6, 6.07) is 44.8. The number of nitrogens with zero attached hydrogens (tertiary/aromatic N) is 4. The molecule has 0 spiro atoms. The first kappa shape index (κ1) is 29.8. The maximum absolute atomic E-state index is 5.34. The van der Waals surface area contributed by atoms with Gasteiger partial charge in [0.15, 0.2) is 5.82 Å². The standard InChI is InChI=1S/C46H34N4/c1-27-26-47-44-34(28(27)2)21-22-35-29(3)30(4)42(49-45(35)44)33-16-12-15-32(25-33)36-23-24-39(38-18-9-8-17-37(36)38)43-40-19-10-11-20-41(40)48-46(50-43)31-13-6-5-7-14-31/h5-26H,1-4H3. The van der Waals surface area contributed by atoms with Crippen molar-refractivity contribution in [2.75, 3.05) is 0 Å². The first-order chi connectivity index (χ1) is 24.5. The molecule has 4 nitrogen and oxygen atoms in total. The highest BCUT2D eigenvalue weighted by molar-refractivity contribution is 6.09. The minimum atomic E-state index is 0.724. The number of hydrogen-bond acceptors (Lipinski definition) is 4. The molecule has 0 unspecified atom stereocenters. The number of hydrogen-bond donors (Lipinski definition) is 0. The topological polar surface area (TPSA) is 51.6 Å². The third-order valence-electron chi connectivity index (χ3n) is 10.3. The zero-order valence-corrected chi connectivity index (χ0v) is 28.5. The van der Waals surface area contributed by atoms with Gasteiger partial charge in [0.2, 0.25) is 0 Å². The summed E-state index contributed by atoms with van der Waals surface area (Å²) in [6.07, 6.45) is 1.97. The maximum Gasteiger partial charge on any atom is 0.160 e. The Morgan fingerprint density at radius 1 is 0.400 bits per heavy atom. The molecule has 50 heavy (non-hydrogen) atoms. The highest BCUT2D eigenvalue weighted by atomic mass is 14.9. The molecule has 4 heteroatoms. The largest absolute Gasteiger partial charge is 0.254 e. The van der Waals surface area contributed by atoms with Crippen molar-refractivity contribution in [2.45, 2.75) is 27.7 Å². The van der Waals surface area contributed by atoms with Gasteiger partial charge in [0.05, 0.1) is 27.9 Å². The summed E-state index contributed by atoms with van der Waals surface area (Å²) in [5, 5.41) is 5.67. The Bertz CT molecular complexity index is 2800.